The monoisotopic (exact) mass is 437 g/mol. The molecule has 0 amide bonds. The summed E-state index contributed by atoms with van der Waals surface area (Å²) < 4.78 is 37.1. The molecule has 146 valence electrons. The van der Waals surface area contributed by atoms with Crippen LogP contribution in [0.2, 0.25) is 4.34 Å². The fourth-order valence-corrected chi connectivity index (χ4v) is 4.08. The maximum atomic E-state index is 12.7. The fourth-order valence-electron chi connectivity index (χ4n) is 2.41. The SMILES string of the molecule is Cc1cccc(NS(=O)(=O)c2ccc(C)c(C(=O)OCc3nnsc3Cl)c2)c1. The van der Waals surface area contributed by atoms with Crippen LogP contribution < -0.4 is 4.72 Å². The van der Waals surface area contributed by atoms with Crippen LogP contribution in [0.1, 0.15) is 27.2 Å². The number of carbonyl (C=O) groups excluding carboxylic acids is 1. The standard InChI is InChI=1S/C18H16ClN3O4S2/c1-11-4-3-5-13(8-11)21-28(24,25)14-7-6-12(2)15(9-14)18(23)26-10-16-17(19)27-22-20-16/h3-9,21H,10H2,1-2H3. The summed E-state index contributed by atoms with van der Waals surface area (Å²) >= 11 is 6.88. The van der Waals surface area contributed by atoms with Crippen LogP contribution in [-0.4, -0.2) is 24.0 Å². The van der Waals surface area contributed by atoms with E-state index in [4.69, 9.17) is 16.3 Å². The first kappa shape index (κ1) is 20.2. The van der Waals surface area contributed by atoms with Crippen molar-refractivity contribution in [1.29, 1.82) is 0 Å². The second kappa shape index (κ2) is 8.26. The Morgan fingerprint density at radius 2 is 2.00 bits per heavy atom. The van der Waals surface area contributed by atoms with Gasteiger partial charge in [0.05, 0.1) is 10.5 Å². The van der Waals surface area contributed by atoms with E-state index in [0.717, 1.165) is 17.1 Å². The third-order valence-corrected chi connectivity index (χ3v) is 6.22. The molecule has 1 N–H and O–H groups in total. The molecule has 0 aliphatic rings. The van der Waals surface area contributed by atoms with Gasteiger partial charge in [0.25, 0.3) is 10.0 Å². The van der Waals surface area contributed by atoms with E-state index < -0.39 is 16.0 Å². The lowest BCUT2D eigenvalue weighted by atomic mass is 10.1. The zero-order valence-corrected chi connectivity index (χ0v) is 17.4. The van der Waals surface area contributed by atoms with E-state index in [0.29, 0.717) is 21.3 Å². The van der Waals surface area contributed by atoms with Crippen LogP contribution in [0.4, 0.5) is 5.69 Å². The number of ether oxygens (including phenoxy) is 1. The second-order valence-electron chi connectivity index (χ2n) is 6.02. The van der Waals surface area contributed by atoms with Gasteiger partial charge in [0.15, 0.2) is 0 Å². The Morgan fingerprint density at radius 3 is 2.68 bits per heavy atom. The highest BCUT2D eigenvalue weighted by Gasteiger charge is 2.20. The van der Waals surface area contributed by atoms with Crippen molar-refractivity contribution < 1.29 is 17.9 Å². The first-order valence-electron chi connectivity index (χ1n) is 8.10. The fraction of sp³-hybridized carbons (Fsp3) is 0.167. The van der Waals surface area contributed by atoms with Crippen molar-refractivity contribution in [2.45, 2.75) is 25.3 Å². The van der Waals surface area contributed by atoms with Crippen LogP contribution in [0, 0.1) is 13.8 Å². The Morgan fingerprint density at radius 1 is 1.21 bits per heavy atom. The van der Waals surface area contributed by atoms with E-state index in [1.165, 1.54) is 12.1 Å². The molecule has 0 bridgehead atoms. The molecule has 0 radical (unpaired) electrons. The van der Waals surface area contributed by atoms with Crippen molar-refractivity contribution in [2.24, 2.45) is 0 Å². The number of benzene rings is 2. The topological polar surface area (TPSA) is 98.2 Å². The molecule has 0 saturated heterocycles. The van der Waals surface area contributed by atoms with E-state index >= 15 is 0 Å². The number of carbonyl (C=O) groups is 1. The first-order valence-corrected chi connectivity index (χ1v) is 10.7. The summed E-state index contributed by atoms with van der Waals surface area (Å²) in [5, 5.41) is 3.77. The van der Waals surface area contributed by atoms with Crippen molar-refractivity contribution >= 4 is 44.8 Å². The molecule has 2 aromatic carbocycles. The molecule has 28 heavy (non-hydrogen) atoms. The van der Waals surface area contributed by atoms with Crippen LogP contribution in [-0.2, 0) is 21.4 Å². The number of aromatic nitrogens is 2. The number of rotatable bonds is 6. The average Bonchev–Trinajstić information content (AvgIpc) is 3.04. The summed E-state index contributed by atoms with van der Waals surface area (Å²) in [5.74, 6) is -0.672. The number of halogens is 1. The zero-order chi connectivity index (χ0) is 20.3. The van der Waals surface area contributed by atoms with E-state index in [1.54, 1.807) is 31.2 Å². The van der Waals surface area contributed by atoms with Crippen LogP contribution in [0.25, 0.3) is 0 Å². The molecule has 0 aliphatic heterocycles. The van der Waals surface area contributed by atoms with E-state index in [-0.39, 0.29) is 17.1 Å². The average molecular weight is 438 g/mol. The van der Waals surface area contributed by atoms with Gasteiger partial charge in [0, 0.05) is 17.2 Å². The molecule has 0 aliphatic carbocycles. The second-order valence-corrected chi connectivity index (χ2v) is 9.06. The minimum absolute atomic E-state index is 0.0417. The molecular formula is C18H16ClN3O4S2. The summed E-state index contributed by atoms with van der Waals surface area (Å²) in [6, 6.07) is 11.3. The molecule has 3 aromatic rings. The van der Waals surface area contributed by atoms with Crippen molar-refractivity contribution in [3.8, 4) is 0 Å². The van der Waals surface area contributed by atoms with Gasteiger partial charge < -0.3 is 4.74 Å². The number of esters is 1. The maximum Gasteiger partial charge on any atom is 0.338 e. The lowest BCUT2D eigenvalue weighted by Crippen LogP contribution is -2.15. The predicted octanol–water partition coefficient (Wildman–Crippen LogP) is 3.97. The summed E-state index contributed by atoms with van der Waals surface area (Å²) in [6.45, 7) is 3.41. The molecule has 1 aromatic heterocycles. The summed E-state index contributed by atoms with van der Waals surface area (Å²) in [7, 11) is -3.87. The van der Waals surface area contributed by atoms with Crippen LogP contribution in [0.5, 0.6) is 0 Å². The van der Waals surface area contributed by atoms with E-state index in [2.05, 4.69) is 14.3 Å². The number of aryl methyl sites for hydroxylation is 2. The Balaban J connectivity index is 1.81. The van der Waals surface area contributed by atoms with Crippen molar-refractivity contribution in [1.82, 2.24) is 9.59 Å². The quantitative estimate of drug-likeness (QED) is 0.586. The van der Waals surface area contributed by atoms with E-state index in [9.17, 15) is 13.2 Å². The van der Waals surface area contributed by atoms with Gasteiger partial charge in [0.1, 0.15) is 16.6 Å². The van der Waals surface area contributed by atoms with Gasteiger partial charge in [0.2, 0.25) is 0 Å². The molecule has 3 rings (SSSR count). The van der Waals surface area contributed by atoms with Crippen molar-refractivity contribution in [2.75, 3.05) is 4.72 Å². The third kappa shape index (κ3) is 4.67. The van der Waals surface area contributed by atoms with Crippen molar-refractivity contribution in [3.05, 3.63) is 69.2 Å². The number of nitrogens with one attached hydrogen (secondary N) is 1. The Labute approximate surface area is 171 Å². The summed E-state index contributed by atoms with van der Waals surface area (Å²) in [5.41, 5.74) is 2.44. The summed E-state index contributed by atoms with van der Waals surface area (Å²) in [6.07, 6.45) is 0. The highest BCUT2D eigenvalue weighted by molar-refractivity contribution is 7.92. The van der Waals surface area contributed by atoms with Crippen molar-refractivity contribution in [3.63, 3.8) is 0 Å². The van der Waals surface area contributed by atoms with Crippen LogP contribution >= 0.6 is 23.1 Å². The molecule has 0 spiro atoms. The van der Waals surface area contributed by atoms with Gasteiger partial charge in [-0.15, -0.1) is 5.10 Å². The molecule has 7 nitrogen and oxygen atoms in total. The molecule has 0 fully saturated rings. The van der Waals surface area contributed by atoms with Crippen LogP contribution in [0.15, 0.2) is 47.4 Å². The normalized spacial score (nSPS) is 11.2. The predicted molar refractivity (Wildman–Crippen MR) is 107 cm³/mol. The number of anilines is 1. The molecule has 10 heteroatoms. The smallest absolute Gasteiger partial charge is 0.338 e. The molecule has 0 atom stereocenters. The van der Waals surface area contributed by atoms with Gasteiger partial charge in [-0.1, -0.05) is 34.3 Å². The largest absolute Gasteiger partial charge is 0.455 e. The minimum Gasteiger partial charge on any atom is -0.455 e. The minimum atomic E-state index is -3.87. The first-order chi connectivity index (χ1) is 13.3. The van der Waals surface area contributed by atoms with E-state index in [1.807, 2.05) is 13.0 Å². The highest BCUT2D eigenvalue weighted by atomic mass is 35.5. The molecule has 1 heterocycles. The lowest BCUT2D eigenvalue weighted by molar-refractivity contribution is 0.0466. The Hall–Kier alpha value is -2.49. The maximum absolute atomic E-state index is 12.7. The van der Waals surface area contributed by atoms with Crippen LogP contribution in [0.3, 0.4) is 0 Å². The van der Waals surface area contributed by atoms with Gasteiger partial charge in [-0.05, 0) is 49.2 Å². The van der Waals surface area contributed by atoms with Gasteiger partial charge >= 0.3 is 5.97 Å². The number of nitrogens with zero attached hydrogens (tertiary/aromatic N) is 2. The van der Waals surface area contributed by atoms with Gasteiger partial charge in [-0.25, -0.2) is 13.2 Å². The Bertz CT molecular complexity index is 1130. The molecular weight excluding hydrogens is 422 g/mol. The van der Waals surface area contributed by atoms with Gasteiger partial charge in [-0.3, -0.25) is 4.72 Å². The Kier molecular flexibility index (Phi) is 5.97. The third-order valence-electron chi connectivity index (χ3n) is 3.86. The molecule has 0 saturated carbocycles. The number of hydrogen-bond acceptors (Lipinski definition) is 7. The summed E-state index contributed by atoms with van der Waals surface area (Å²) in [4.78, 5) is 12.4. The number of sulfonamides is 1. The highest BCUT2D eigenvalue weighted by Crippen LogP contribution is 2.22. The lowest BCUT2D eigenvalue weighted by Gasteiger charge is -2.11. The molecule has 0 unspecified atom stereocenters. The number of hydrogen-bond donors (Lipinski definition) is 1. The van der Waals surface area contributed by atoms with Gasteiger partial charge in [-0.2, -0.15) is 0 Å². The zero-order valence-electron chi connectivity index (χ0n) is 15.0.